The molecule has 0 amide bonds. The molecule has 1 aromatic heterocycles. The summed E-state index contributed by atoms with van der Waals surface area (Å²) in [6, 6.07) is 4.83. The molecule has 0 aliphatic rings. The van der Waals surface area contributed by atoms with Gasteiger partial charge in [0.25, 0.3) is 0 Å². The zero-order valence-corrected chi connectivity index (χ0v) is 19.5. The summed E-state index contributed by atoms with van der Waals surface area (Å²) in [5.74, 6) is 0.156. The molecule has 1 heterocycles. The number of carboxylic acid groups (broad SMARTS) is 1. The average Bonchev–Trinajstić information content (AvgIpc) is 2.79. The Bertz CT molecular complexity index is 1120. The van der Waals surface area contributed by atoms with Crippen LogP contribution in [-0.4, -0.2) is 59.5 Å². The van der Waals surface area contributed by atoms with Crippen LogP contribution in [0, 0.1) is 0 Å². The fourth-order valence-electron chi connectivity index (χ4n) is 2.84. The molecule has 2 aromatic rings. The first-order chi connectivity index (χ1) is 15.7. The summed E-state index contributed by atoms with van der Waals surface area (Å²) in [6.45, 7) is 0.192. The number of ether oxygens (including phenoxy) is 4. The molecule has 0 bridgehead atoms. The first-order valence-corrected chi connectivity index (χ1v) is 11.3. The van der Waals surface area contributed by atoms with Crippen LogP contribution < -0.4 is 24.3 Å². The van der Waals surface area contributed by atoms with Gasteiger partial charge in [0.1, 0.15) is 17.2 Å². The molecule has 0 saturated carbocycles. The number of carbonyl (C=O) groups is 1. The number of aromatic nitrogens is 1. The maximum atomic E-state index is 12.7. The normalized spacial score (nSPS) is 11.5. The molecule has 1 aromatic carbocycles. The Morgan fingerprint density at radius 2 is 1.73 bits per heavy atom. The first kappa shape index (κ1) is 25.5. The SMILES string of the molecule is COc1cc(OC)c(C=CS(=O)(=O)Cc2cnc(OC)c(NCC=CC(=O)O)c2)c(OC)c1. The number of benzene rings is 1. The highest BCUT2D eigenvalue weighted by molar-refractivity contribution is 7.93. The van der Waals surface area contributed by atoms with Gasteiger partial charge in [0.05, 0.1) is 45.4 Å². The van der Waals surface area contributed by atoms with Crippen LogP contribution in [0.4, 0.5) is 5.69 Å². The van der Waals surface area contributed by atoms with Gasteiger partial charge in [-0.05, 0) is 17.7 Å². The van der Waals surface area contributed by atoms with Crippen molar-refractivity contribution in [1.29, 1.82) is 0 Å². The van der Waals surface area contributed by atoms with Crippen LogP contribution in [0.1, 0.15) is 11.1 Å². The summed E-state index contributed by atoms with van der Waals surface area (Å²) in [5.41, 5.74) is 1.30. The number of aliphatic carboxylic acids is 1. The second-order valence-corrected chi connectivity index (χ2v) is 8.46. The van der Waals surface area contributed by atoms with Crippen LogP contribution in [0.15, 0.2) is 42.0 Å². The van der Waals surface area contributed by atoms with Gasteiger partial charge in [0.2, 0.25) is 5.88 Å². The highest BCUT2D eigenvalue weighted by atomic mass is 32.2. The van der Waals surface area contributed by atoms with Gasteiger partial charge >= 0.3 is 5.97 Å². The molecule has 2 N–H and O–H groups in total. The third-order valence-corrected chi connectivity index (χ3v) is 5.62. The molecule has 0 atom stereocenters. The molecule has 2 rings (SSSR count). The quantitative estimate of drug-likeness (QED) is 0.439. The maximum Gasteiger partial charge on any atom is 0.328 e. The van der Waals surface area contributed by atoms with E-state index in [9.17, 15) is 13.2 Å². The summed E-state index contributed by atoms with van der Waals surface area (Å²) < 4.78 is 46.5. The lowest BCUT2D eigenvalue weighted by atomic mass is 10.1. The molecule has 0 spiro atoms. The topological polar surface area (TPSA) is 133 Å². The van der Waals surface area contributed by atoms with Crippen LogP contribution in [0.5, 0.6) is 23.1 Å². The summed E-state index contributed by atoms with van der Waals surface area (Å²) in [4.78, 5) is 14.7. The monoisotopic (exact) mass is 478 g/mol. The van der Waals surface area contributed by atoms with E-state index in [1.165, 1.54) is 46.8 Å². The van der Waals surface area contributed by atoms with E-state index in [0.29, 0.717) is 34.1 Å². The second-order valence-electron chi connectivity index (χ2n) is 6.58. The van der Waals surface area contributed by atoms with Gasteiger partial charge in [-0.25, -0.2) is 18.2 Å². The van der Waals surface area contributed by atoms with Crippen LogP contribution in [0.25, 0.3) is 6.08 Å². The predicted octanol–water partition coefficient (Wildman–Crippen LogP) is 2.75. The number of carboxylic acids is 1. The molecule has 33 heavy (non-hydrogen) atoms. The van der Waals surface area contributed by atoms with Crippen molar-refractivity contribution in [2.75, 3.05) is 40.3 Å². The number of pyridine rings is 1. The molecule has 0 aliphatic carbocycles. The molecule has 11 heteroatoms. The van der Waals surface area contributed by atoms with E-state index in [-0.39, 0.29) is 18.2 Å². The summed E-state index contributed by atoms with van der Waals surface area (Å²) in [6.07, 6.45) is 5.20. The number of nitrogens with zero attached hydrogens (tertiary/aromatic N) is 1. The Morgan fingerprint density at radius 3 is 2.27 bits per heavy atom. The van der Waals surface area contributed by atoms with Crippen LogP contribution in [0.2, 0.25) is 0 Å². The number of methoxy groups -OCH3 is 4. The van der Waals surface area contributed by atoms with Crippen molar-refractivity contribution in [3.8, 4) is 23.1 Å². The molecule has 0 fully saturated rings. The molecule has 0 saturated heterocycles. The summed E-state index contributed by atoms with van der Waals surface area (Å²) >= 11 is 0. The van der Waals surface area contributed by atoms with Gasteiger partial charge in [-0.3, -0.25) is 0 Å². The number of nitrogens with one attached hydrogen (secondary N) is 1. The smallest absolute Gasteiger partial charge is 0.328 e. The number of rotatable bonds is 12. The standard InChI is InChI=1S/C22H26N2O8S/c1-29-16-11-19(30-2)17(20(12-16)31-3)7-9-33(27,28)14-15-10-18(22(32-4)24-13-15)23-8-5-6-21(25)26/h5-7,9-13,23H,8,14H2,1-4H3,(H,25,26). The van der Waals surface area contributed by atoms with Gasteiger partial charge in [-0.1, -0.05) is 6.08 Å². The van der Waals surface area contributed by atoms with Gasteiger partial charge in [0.15, 0.2) is 9.84 Å². The minimum atomic E-state index is -3.69. The lowest BCUT2D eigenvalue weighted by Crippen LogP contribution is -2.06. The number of hydrogen-bond acceptors (Lipinski definition) is 9. The molecule has 0 radical (unpaired) electrons. The Balaban J connectivity index is 2.26. The van der Waals surface area contributed by atoms with Crippen molar-refractivity contribution in [3.63, 3.8) is 0 Å². The fraction of sp³-hybridized carbons (Fsp3) is 0.273. The highest BCUT2D eigenvalue weighted by Gasteiger charge is 2.15. The maximum absolute atomic E-state index is 12.7. The van der Waals surface area contributed by atoms with Crippen molar-refractivity contribution in [2.45, 2.75) is 5.75 Å². The van der Waals surface area contributed by atoms with Gasteiger partial charge in [0, 0.05) is 36.4 Å². The predicted molar refractivity (Wildman–Crippen MR) is 124 cm³/mol. The number of hydrogen-bond donors (Lipinski definition) is 2. The van der Waals surface area contributed by atoms with E-state index in [1.54, 1.807) is 18.2 Å². The highest BCUT2D eigenvalue weighted by Crippen LogP contribution is 2.35. The molecule has 10 nitrogen and oxygen atoms in total. The summed E-state index contributed by atoms with van der Waals surface area (Å²) in [7, 11) is 2.16. The van der Waals surface area contributed by atoms with E-state index in [4.69, 9.17) is 24.1 Å². The average molecular weight is 479 g/mol. The van der Waals surface area contributed by atoms with Crippen molar-refractivity contribution in [1.82, 2.24) is 4.98 Å². The Morgan fingerprint density at radius 1 is 1.06 bits per heavy atom. The Labute approximate surface area is 192 Å². The third-order valence-electron chi connectivity index (χ3n) is 4.33. The second kappa shape index (κ2) is 11.8. The lowest BCUT2D eigenvalue weighted by molar-refractivity contribution is -0.131. The van der Waals surface area contributed by atoms with E-state index in [2.05, 4.69) is 10.3 Å². The van der Waals surface area contributed by atoms with E-state index >= 15 is 0 Å². The molecular formula is C22H26N2O8S. The van der Waals surface area contributed by atoms with Crippen molar-refractivity contribution >= 4 is 27.6 Å². The zero-order valence-electron chi connectivity index (χ0n) is 18.7. The molecule has 0 unspecified atom stereocenters. The van der Waals surface area contributed by atoms with Crippen LogP contribution in [-0.2, 0) is 20.4 Å². The van der Waals surface area contributed by atoms with Crippen molar-refractivity contribution in [2.24, 2.45) is 0 Å². The van der Waals surface area contributed by atoms with E-state index in [1.807, 2.05) is 0 Å². The first-order valence-electron chi connectivity index (χ1n) is 9.60. The van der Waals surface area contributed by atoms with Crippen LogP contribution >= 0.6 is 0 Å². The zero-order chi connectivity index (χ0) is 24.4. The van der Waals surface area contributed by atoms with Crippen LogP contribution in [0.3, 0.4) is 0 Å². The Kier molecular flexibility index (Phi) is 9.10. The van der Waals surface area contributed by atoms with Gasteiger partial charge in [-0.2, -0.15) is 0 Å². The van der Waals surface area contributed by atoms with E-state index < -0.39 is 15.8 Å². The molecule has 178 valence electrons. The largest absolute Gasteiger partial charge is 0.496 e. The van der Waals surface area contributed by atoms with Gasteiger partial charge in [-0.15, -0.1) is 0 Å². The molecular weight excluding hydrogens is 452 g/mol. The third kappa shape index (κ3) is 7.42. The Hall–Kier alpha value is -3.73. The minimum Gasteiger partial charge on any atom is -0.496 e. The summed E-state index contributed by atoms with van der Waals surface area (Å²) in [5, 5.41) is 12.7. The van der Waals surface area contributed by atoms with Crippen molar-refractivity contribution in [3.05, 3.63) is 53.1 Å². The minimum absolute atomic E-state index is 0.192. The number of sulfone groups is 1. The fourth-order valence-corrected chi connectivity index (χ4v) is 3.90. The van der Waals surface area contributed by atoms with E-state index in [0.717, 1.165) is 11.5 Å². The van der Waals surface area contributed by atoms with Crippen molar-refractivity contribution < 1.29 is 37.3 Å². The lowest BCUT2D eigenvalue weighted by Gasteiger charge is -2.12. The number of anilines is 1. The van der Waals surface area contributed by atoms with Gasteiger partial charge < -0.3 is 29.4 Å². The molecule has 0 aliphatic heterocycles.